The Bertz CT molecular complexity index is 163. The van der Waals surface area contributed by atoms with Gasteiger partial charge in [0.25, 0.3) is 0 Å². The topological polar surface area (TPSA) is 32.3 Å². The van der Waals surface area contributed by atoms with Gasteiger partial charge >= 0.3 is 6.03 Å². The van der Waals surface area contributed by atoms with Crippen LogP contribution in [0.25, 0.3) is 0 Å². The van der Waals surface area contributed by atoms with Gasteiger partial charge in [-0.15, -0.1) is 0 Å². The van der Waals surface area contributed by atoms with Gasteiger partial charge in [-0.3, -0.25) is 0 Å². The zero-order chi connectivity index (χ0) is 12.2. The molecule has 16 heavy (non-hydrogen) atoms. The Balaban J connectivity index is 3.88. The quantitative estimate of drug-likeness (QED) is 0.603. The van der Waals surface area contributed by atoms with E-state index in [-0.39, 0.29) is 6.03 Å². The average molecular weight is 228 g/mol. The summed E-state index contributed by atoms with van der Waals surface area (Å²) in [6.07, 6.45) is 6.69. The summed E-state index contributed by atoms with van der Waals surface area (Å²) in [5.41, 5.74) is 0. The van der Waals surface area contributed by atoms with Gasteiger partial charge in [0.2, 0.25) is 0 Å². The van der Waals surface area contributed by atoms with Crippen LogP contribution in [0.15, 0.2) is 0 Å². The maximum absolute atomic E-state index is 11.8. The molecular weight excluding hydrogens is 200 g/mol. The highest BCUT2D eigenvalue weighted by atomic mass is 16.2. The van der Waals surface area contributed by atoms with Gasteiger partial charge in [0.1, 0.15) is 0 Å². The Morgan fingerprint density at radius 3 is 1.88 bits per heavy atom. The number of nitrogens with one attached hydrogen (secondary N) is 1. The summed E-state index contributed by atoms with van der Waals surface area (Å²) in [4.78, 5) is 13.8. The SMILES string of the molecule is CCCCNC(=O)N(CCCC)CCCC. The molecule has 0 aromatic heterocycles. The van der Waals surface area contributed by atoms with Gasteiger partial charge in [-0.1, -0.05) is 40.0 Å². The molecule has 96 valence electrons. The molecule has 0 aliphatic heterocycles. The fourth-order valence-electron chi connectivity index (χ4n) is 1.50. The first-order valence-corrected chi connectivity index (χ1v) is 6.79. The first kappa shape index (κ1) is 15.3. The number of nitrogens with zero attached hydrogens (tertiary/aromatic N) is 1. The van der Waals surface area contributed by atoms with Crippen LogP contribution in [0.4, 0.5) is 4.79 Å². The van der Waals surface area contributed by atoms with E-state index < -0.39 is 0 Å². The summed E-state index contributed by atoms with van der Waals surface area (Å²) >= 11 is 0. The fourth-order valence-corrected chi connectivity index (χ4v) is 1.50. The van der Waals surface area contributed by atoms with Crippen LogP contribution < -0.4 is 5.32 Å². The highest BCUT2D eigenvalue weighted by Gasteiger charge is 2.10. The van der Waals surface area contributed by atoms with Gasteiger partial charge < -0.3 is 10.2 Å². The molecule has 0 aromatic rings. The number of rotatable bonds is 9. The van der Waals surface area contributed by atoms with Crippen LogP contribution in [0, 0.1) is 0 Å². The van der Waals surface area contributed by atoms with E-state index in [2.05, 4.69) is 26.1 Å². The number of urea groups is 1. The lowest BCUT2D eigenvalue weighted by atomic mass is 10.3. The zero-order valence-corrected chi connectivity index (χ0v) is 11.2. The van der Waals surface area contributed by atoms with E-state index in [9.17, 15) is 4.79 Å². The van der Waals surface area contributed by atoms with Gasteiger partial charge in [-0.2, -0.15) is 0 Å². The first-order valence-electron chi connectivity index (χ1n) is 6.79. The average Bonchev–Trinajstić information content (AvgIpc) is 2.29. The summed E-state index contributed by atoms with van der Waals surface area (Å²) in [7, 11) is 0. The lowest BCUT2D eigenvalue weighted by molar-refractivity contribution is 0.196. The minimum Gasteiger partial charge on any atom is -0.338 e. The van der Waals surface area contributed by atoms with E-state index in [0.29, 0.717) is 0 Å². The van der Waals surface area contributed by atoms with E-state index in [1.807, 2.05) is 4.90 Å². The molecule has 0 rings (SSSR count). The molecule has 0 aliphatic carbocycles. The van der Waals surface area contributed by atoms with Gasteiger partial charge in [0.15, 0.2) is 0 Å². The van der Waals surface area contributed by atoms with E-state index in [1.165, 1.54) is 0 Å². The first-order chi connectivity index (χ1) is 7.76. The predicted octanol–water partition coefficient (Wildman–Crippen LogP) is 3.40. The Morgan fingerprint density at radius 2 is 1.44 bits per heavy atom. The van der Waals surface area contributed by atoms with Crippen molar-refractivity contribution in [2.75, 3.05) is 19.6 Å². The standard InChI is InChI=1S/C13H28N2O/c1-4-7-10-14-13(16)15(11-8-5-2)12-9-6-3/h4-12H2,1-3H3,(H,14,16). The molecule has 3 heteroatoms. The molecule has 0 saturated heterocycles. The molecule has 3 nitrogen and oxygen atoms in total. The van der Waals surface area contributed by atoms with Crippen molar-refractivity contribution in [2.45, 2.75) is 59.3 Å². The summed E-state index contributed by atoms with van der Waals surface area (Å²) in [5.74, 6) is 0. The molecule has 1 N–H and O–H groups in total. The van der Waals surface area contributed by atoms with Crippen molar-refractivity contribution < 1.29 is 4.79 Å². The minimum absolute atomic E-state index is 0.121. The lowest BCUT2D eigenvalue weighted by Crippen LogP contribution is -2.41. The Morgan fingerprint density at radius 1 is 0.938 bits per heavy atom. The third-order valence-electron chi connectivity index (χ3n) is 2.66. The van der Waals surface area contributed by atoms with Gasteiger partial charge in [0.05, 0.1) is 0 Å². The molecule has 0 atom stereocenters. The summed E-state index contributed by atoms with van der Waals surface area (Å²) in [6.45, 7) is 9.06. The molecule has 0 saturated carbocycles. The van der Waals surface area contributed by atoms with Crippen LogP contribution in [0.1, 0.15) is 59.3 Å². The highest BCUT2D eigenvalue weighted by molar-refractivity contribution is 5.74. The number of hydrogen-bond donors (Lipinski definition) is 1. The summed E-state index contributed by atoms with van der Waals surface area (Å²) in [6, 6.07) is 0.121. The summed E-state index contributed by atoms with van der Waals surface area (Å²) in [5, 5.41) is 2.99. The maximum atomic E-state index is 11.8. The molecule has 0 heterocycles. The van der Waals surface area contributed by atoms with Crippen LogP contribution in [-0.4, -0.2) is 30.6 Å². The van der Waals surface area contributed by atoms with Gasteiger partial charge in [-0.05, 0) is 19.3 Å². The van der Waals surface area contributed by atoms with Crippen LogP contribution in [0.3, 0.4) is 0 Å². The number of amides is 2. The second-order valence-corrected chi connectivity index (χ2v) is 4.28. The normalized spacial score (nSPS) is 10.2. The minimum atomic E-state index is 0.121. The molecule has 2 amide bonds. The van der Waals surface area contributed by atoms with Crippen molar-refractivity contribution >= 4 is 6.03 Å². The molecule has 0 aromatic carbocycles. The second-order valence-electron chi connectivity index (χ2n) is 4.28. The van der Waals surface area contributed by atoms with E-state index in [1.54, 1.807) is 0 Å². The van der Waals surface area contributed by atoms with Crippen molar-refractivity contribution in [3.05, 3.63) is 0 Å². The second kappa shape index (κ2) is 10.8. The Kier molecular flexibility index (Phi) is 10.3. The smallest absolute Gasteiger partial charge is 0.317 e. The van der Waals surface area contributed by atoms with Crippen LogP contribution >= 0.6 is 0 Å². The number of carbonyl (C=O) groups is 1. The molecule has 0 fully saturated rings. The predicted molar refractivity (Wildman–Crippen MR) is 69.7 cm³/mol. The van der Waals surface area contributed by atoms with Gasteiger partial charge in [0, 0.05) is 19.6 Å². The Labute approximate surface area is 101 Å². The van der Waals surface area contributed by atoms with Crippen molar-refractivity contribution in [3.63, 3.8) is 0 Å². The number of hydrogen-bond acceptors (Lipinski definition) is 1. The molecule has 0 radical (unpaired) electrons. The third kappa shape index (κ3) is 7.55. The largest absolute Gasteiger partial charge is 0.338 e. The van der Waals surface area contributed by atoms with E-state index in [4.69, 9.17) is 0 Å². The Hall–Kier alpha value is -0.730. The van der Waals surface area contributed by atoms with Crippen LogP contribution in [0.2, 0.25) is 0 Å². The van der Waals surface area contributed by atoms with Crippen LogP contribution in [-0.2, 0) is 0 Å². The molecule has 0 unspecified atom stereocenters. The third-order valence-corrected chi connectivity index (χ3v) is 2.66. The molecule has 0 spiro atoms. The number of carbonyl (C=O) groups excluding carboxylic acids is 1. The number of unbranched alkanes of at least 4 members (excludes halogenated alkanes) is 3. The van der Waals surface area contributed by atoms with Gasteiger partial charge in [-0.25, -0.2) is 4.79 Å². The van der Waals surface area contributed by atoms with E-state index >= 15 is 0 Å². The van der Waals surface area contributed by atoms with Crippen LogP contribution in [0.5, 0.6) is 0 Å². The molecule has 0 aliphatic rings. The van der Waals surface area contributed by atoms with Crippen molar-refractivity contribution in [2.24, 2.45) is 0 Å². The molecular formula is C13H28N2O. The maximum Gasteiger partial charge on any atom is 0.317 e. The van der Waals surface area contributed by atoms with Crippen molar-refractivity contribution in [1.82, 2.24) is 10.2 Å². The lowest BCUT2D eigenvalue weighted by Gasteiger charge is -2.22. The highest BCUT2D eigenvalue weighted by Crippen LogP contribution is 2.00. The fraction of sp³-hybridized carbons (Fsp3) is 0.923. The van der Waals surface area contributed by atoms with Crippen molar-refractivity contribution in [1.29, 1.82) is 0 Å². The molecule has 0 bridgehead atoms. The zero-order valence-electron chi connectivity index (χ0n) is 11.2. The summed E-state index contributed by atoms with van der Waals surface area (Å²) < 4.78 is 0. The van der Waals surface area contributed by atoms with E-state index in [0.717, 1.165) is 58.2 Å². The van der Waals surface area contributed by atoms with Crippen molar-refractivity contribution in [3.8, 4) is 0 Å². The monoisotopic (exact) mass is 228 g/mol.